The van der Waals surface area contributed by atoms with Gasteiger partial charge in [0.25, 0.3) is 5.91 Å². The summed E-state index contributed by atoms with van der Waals surface area (Å²) in [4.78, 5) is 12.5. The van der Waals surface area contributed by atoms with Crippen LogP contribution in [0.4, 0.5) is 0 Å². The SMILES string of the molecule is NCc1ccc(C(=O)NC(c2ccccc2)C2CCC2)cc1. The van der Waals surface area contributed by atoms with Crippen molar-refractivity contribution in [1.82, 2.24) is 5.32 Å². The van der Waals surface area contributed by atoms with Gasteiger partial charge in [0, 0.05) is 12.1 Å². The largest absolute Gasteiger partial charge is 0.345 e. The van der Waals surface area contributed by atoms with E-state index >= 15 is 0 Å². The normalized spacial score (nSPS) is 15.9. The van der Waals surface area contributed by atoms with Gasteiger partial charge in [0.2, 0.25) is 0 Å². The molecule has 1 fully saturated rings. The van der Waals surface area contributed by atoms with Crippen molar-refractivity contribution in [3.8, 4) is 0 Å². The highest BCUT2D eigenvalue weighted by Crippen LogP contribution is 2.37. The molecule has 0 radical (unpaired) electrons. The minimum atomic E-state index is -0.00988. The molecule has 0 aliphatic heterocycles. The lowest BCUT2D eigenvalue weighted by Crippen LogP contribution is -2.36. The highest BCUT2D eigenvalue weighted by atomic mass is 16.1. The first-order valence-electron chi connectivity index (χ1n) is 7.93. The molecule has 0 saturated heterocycles. The van der Waals surface area contributed by atoms with Crippen LogP contribution in [0.3, 0.4) is 0 Å². The molecule has 0 bridgehead atoms. The third-order valence-electron chi connectivity index (χ3n) is 4.52. The summed E-state index contributed by atoms with van der Waals surface area (Å²) in [6.45, 7) is 0.497. The summed E-state index contributed by atoms with van der Waals surface area (Å²) in [6.07, 6.45) is 3.63. The predicted molar refractivity (Wildman–Crippen MR) is 88.3 cm³/mol. The fourth-order valence-electron chi connectivity index (χ4n) is 2.92. The molecule has 1 saturated carbocycles. The zero-order valence-electron chi connectivity index (χ0n) is 12.7. The molecular formula is C19H22N2O. The molecule has 3 rings (SSSR count). The first-order chi connectivity index (χ1) is 10.8. The van der Waals surface area contributed by atoms with Crippen LogP contribution in [0, 0.1) is 5.92 Å². The van der Waals surface area contributed by atoms with E-state index in [1.54, 1.807) is 0 Å². The molecular weight excluding hydrogens is 272 g/mol. The van der Waals surface area contributed by atoms with Crippen molar-refractivity contribution in [2.75, 3.05) is 0 Å². The Bertz CT molecular complexity index is 618. The molecule has 1 aliphatic carbocycles. The third kappa shape index (κ3) is 3.20. The summed E-state index contributed by atoms with van der Waals surface area (Å²) in [5, 5.41) is 3.22. The molecule has 22 heavy (non-hydrogen) atoms. The first-order valence-corrected chi connectivity index (χ1v) is 7.93. The molecule has 3 heteroatoms. The molecule has 3 N–H and O–H groups in total. The second-order valence-corrected chi connectivity index (χ2v) is 5.95. The number of hydrogen-bond acceptors (Lipinski definition) is 2. The minimum Gasteiger partial charge on any atom is -0.345 e. The van der Waals surface area contributed by atoms with Gasteiger partial charge >= 0.3 is 0 Å². The van der Waals surface area contributed by atoms with E-state index in [9.17, 15) is 4.79 Å². The zero-order valence-corrected chi connectivity index (χ0v) is 12.7. The summed E-state index contributed by atoms with van der Waals surface area (Å²) in [6, 6.07) is 17.9. The van der Waals surface area contributed by atoms with Gasteiger partial charge in [-0.25, -0.2) is 0 Å². The number of amides is 1. The fraction of sp³-hybridized carbons (Fsp3) is 0.316. The van der Waals surface area contributed by atoms with Crippen molar-refractivity contribution in [3.63, 3.8) is 0 Å². The van der Waals surface area contributed by atoms with Crippen molar-refractivity contribution in [2.45, 2.75) is 31.8 Å². The zero-order chi connectivity index (χ0) is 15.4. The van der Waals surface area contributed by atoms with Crippen molar-refractivity contribution >= 4 is 5.91 Å². The number of carbonyl (C=O) groups is 1. The minimum absolute atomic E-state index is 0.00988. The summed E-state index contributed by atoms with van der Waals surface area (Å²) < 4.78 is 0. The Morgan fingerprint density at radius 2 is 1.77 bits per heavy atom. The Morgan fingerprint density at radius 3 is 2.32 bits per heavy atom. The number of rotatable bonds is 5. The van der Waals surface area contributed by atoms with Crippen LogP contribution < -0.4 is 11.1 Å². The van der Waals surface area contributed by atoms with E-state index in [1.165, 1.54) is 24.8 Å². The lowest BCUT2D eigenvalue weighted by Gasteiger charge is -2.34. The van der Waals surface area contributed by atoms with Crippen LogP contribution in [-0.2, 0) is 6.54 Å². The van der Waals surface area contributed by atoms with Crippen LogP contribution in [-0.4, -0.2) is 5.91 Å². The Hall–Kier alpha value is -2.13. The second-order valence-electron chi connectivity index (χ2n) is 5.95. The standard InChI is InChI=1S/C19H22N2O/c20-13-14-9-11-17(12-10-14)19(22)21-18(16-7-4-8-16)15-5-2-1-3-6-15/h1-3,5-6,9-12,16,18H,4,7-8,13,20H2,(H,21,22). The first kappa shape index (κ1) is 14.8. The third-order valence-corrected chi connectivity index (χ3v) is 4.52. The molecule has 1 unspecified atom stereocenters. The molecule has 1 atom stereocenters. The number of nitrogens with two attached hydrogens (primary N) is 1. The van der Waals surface area contributed by atoms with Gasteiger partial charge in [-0.05, 0) is 42.0 Å². The molecule has 0 spiro atoms. The predicted octanol–water partition coefficient (Wildman–Crippen LogP) is 3.42. The number of carbonyl (C=O) groups excluding carboxylic acids is 1. The summed E-state index contributed by atoms with van der Waals surface area (Å²) in [7, 11) is 0. The second kappa shape index (κ2) is 6.75. The topological polar surface area (TPSA) is 55.1 Å². The van der Waals surface area contributed by atoms with E-state index in [-0.39, 0.29) is 11.9 Å². The van der Waals surface area contributed by atoms with Crippen molar-refractivity contribution < 1.29 is 4.79 Å². The van der Waals surface area contributed by atoms with Gasteiger partial charge < -0.3 is 11.1 Å². The van der Waals surface area contributed by atoms with E-state index in [1.807, 2.05) is 42.5 Å². The Morgan fingerprint density at radius 1 is 1.09 bits per heavy atom. The van der Waals surface area contributed by atoms with E-state index < -0.39 is 0 Å². The van der Waals surface area contributed by atoms with Crippen LogP contribution in [0.5, 0.6) is 0 Å². The molecule has 0 heterocycles. The summed E-state index contributed by atoms with van der Waals surface area (Å²) >= 11 is 0. The van der Waals surface area contributed by atoms with Gasteiger partial charge in [-0.2, -0.15) is 0 Å². The Labute approximate surface area is 131 Å². The van der Waals surface area contributed by atoms with Crippen LogP contribution >= 0.6 is 0 Å². The molecule has 1 aliphatic rings. The smallest absolute Gasteiger partial charge is 0.251 e. The quantitative estimate of drug-likeness (QED) is 0.888. The van der Waals surface area contributed by atoms with Crippen LogP contribution in [0.25, 0.3) is 0 Å². The average Bonchev–Trinajstić information content (AvgIpc) is 2.53. The van der Waals surface area contributed by atoms with Crippen LogP contribution in [0.1, 0.15) is 46.8 Å². The Kier molecular flexibility index (Phi) is 4.54. The van der Waals surface area contributed by atoms with Crippen molar-refractivity contribution in [3.05, 3.63) is 71.3 Å². The Balaban J connectivity index is 1.76. The fourth-order valence-corrected chi connectivity index (χ4v) is 2.92. The van der Waals surface area contributed by atoms with Crippen molar-refractivity contribution in [1.29, 1.82) is 0 Å². The molecule has 3 nitrogen and oxygen atoms in total. The van der Waals surface area contributed by atoms with E-state index in [0.717, 1.165) is 5.56 Å². The van der Waals surface area contributed by atoms with Gasteiger partial charge in [0.15, 0.2) is 0 Å². The van der Waals surface area contributed by atoms with Crippen molar-refractivity contribution in [2.24, 2.45) is 11.7 Å². The van der Waals surface area contributed by atoms with Gasteiger partial charge in [-0.1, -0.05) is 48.9 Å². The van der Waals surface area contributed by atoms with Crippen LogP contribution in [0.2, 0.25) is 0 Å². The molecule has 2 aromatic rings. The number of hydrogen-bond donors (Lipinski definition) is 2. The van der Waals surface area contributed by atoms with Gasteiger partial charge in [-0.15, -0.1) is 0 Å². The molecule has 114 valence electrons. The van der Waals surface area contributed by atoms with E-state index in [0.29, 0.717) is 18.0 Å². The monoisotopic (exact) mass is 294 g/mol. The van der Waals surface area contributed by atoms with E-state index in [4.69, 9.17) is 5.73 Å². The molecule has 0 aromatic heterocycles. The lowest BCUT2D eigenvalue weighted by atomic mass is 9.77. The number of nitrogens with one attached hydrogen (secondary N) is 1. The number of benzene rings is 2. The van der Waals surface area contributed by atoms with E-state index in [2.05, 4.69) is 17.4 Å². The van der Waals surface area contributed by atoms with Crippen LogP contribution in [0.15, 0.2) is 54.6 Å². The maximum atomic E-state index is 12.5. The maximum Gasteiger partial charge on any atom is 0.251 e. The molecule has 1 amide bonds. The highest BCUT2D eigenvalue weighted by Gasteiger charge is 2.29. The average molecular weight is 294 g/mol. The lowest BCUT2D eigenvalue weighted by molar-refractivity contribution is 0.0900. The molecule has 2 aromatic carbocycles. The highest BCUT2D eigenvalue weighted by molar-refractivity contribution is 5.94. The summed E-state index contributed by atoms with van der Waals surface area (Å²) in [5.74, 6) is 0.541. The van der Waals surface area contributed by atoms with Gasteiger partial charge in [0.1, 0.15) is 0 Å². The van der Waals surface area contributed by atoms with Gasteiger partial charge in [-0.3, -0.25) is 4.79 Å². The van der Waals surface area contributed by atoms with Gasteiger partial charge in [0.05, 0.1) is 6.04 Å². The summed E-state index contributed by atoms with van der Waals surface area (Å²) in [5.41, 5.74) is 8.52. The maximum absolute atomic E-state index is 12.5.